The van der Waals surface area contributed by atoms with Crippen molar-refractivity contribution in [2.75, 3.05) is 19.6 Å². The second kappa shape index (κ2) is 9.79. The highest BCUT2D eigenvalue weighted by Gasteiger charge is 2.25. The molecule has 34 heavy (non-hydrogen) atoms. The van der Waals surface area contributed by atoms with E-state index in [1.165, 1.54) is 5.56 Å². The second-order valence-electron chi connectivity index (χ2n) is 8.50. The maximum Gasteiger partial charge on any atom is 0.272 e. The van der Waals surface area contributed by atoms with Crippen molar-refractivity contribution in [2.45, 2.75) is 25.5 Å². The van der Waals surface area contributed by atoms with E-state index in [1.54, 1.807) is 23.5 Å². The molecule has 5 rings (SSSR count). The molecule has 1 amide bonds. The van der Waals surface area contributed by atoms with Gasteiger partial charge in [-0.15, -0.1) is 0 Å². The number of amides is 1. The molecular formula is C26H26N4O3S. The lowest BCUT2D eigenvalue weighted by molar-refractivity contribution is -0.122. The third-order valence-corrected chi connectivity index (χ3v) is 6.93. The molecule has 4 aromatic rings. The van der Waals surface area contributed by atoms with Crippen LogP contribution in [0.2, 0.25) is 0 Å². The van der Waals surface area contributed by atoms with Gasteiger partial charge in [0.25, 0.3) is 5.56 Å². The largest absolute Gasteiger partial charge is 0.484 e. The molecule has 1 aliphatic rings. The van der Waals surface area contributed by atoms with E-state index < -0.39 is 5.92 Å². The molecule has 0 saturated heterocycles. The van der Waals surface area contributed by atoms with Crippen LogP contribution in [-0.4, -0.2) is 40.6 Å². The summed E-state index contributed by atoms with van der Waals surface area (Å²) in [4.78, 5) is 27.3. The summed E-state index contributed by atoms with van der Waals surface area (Å²) in [5, 5.41) is 15.2. The molecular weight excluding hydrogens is 448 g/mol. The number of carbonyl (C=O) groups is 1. The highest BCUT2D eigenvalue weighted by atomic mass is 32.1. The standard InChI is InChI=1S/C26H26N4O3S/c1-17(24-20-7-3-4-8-21(20)26(32)29-28-24)25(31)27-11-12-30-14-18-6-2-5-9-22(18)33-23(15-30)19-10-13-34-16-19/h2-10,13,16-17,23H,11-12,14-15H2,1H3,(H,27,31)(H,29,32). The Balaban J connectivity index is 1.26. The Hall–Kier alpha value is -3.49. The number of rotatable bonds is 6. The maximum atomic E-state index is 12.9. The first-order valence-corrected chi connectivity index (χ1v) is 12.3. The first kappa shape index (κ1) is 22.3. The molecule has 2 atom stereocenters. The molecule has 3 heterocycles. The fourth-order valence-corrected chi connectivity index (χ4v) is 5.06. The van der Waals surface area contributed by atoms with Crippen molar-refractivity contribution in [3.05, 3.63) is 92.5 Å². The van der Waals surface area contributed by atoms with E-state index in [0.29, 0.717) is 29.6 Å². The number of benzene rings is 2. The zero-order valence-corrected chi connectivity index (χ0v) is 19.7. The zero-order chi connectivity index (χ0) is 23.5. The number of fused-ring (bicyclic) bond motifs is 2. The summed E-state index contributed by atoms with van der Waals surface area (Å²) in [5.74, 6) is 0.300. The fourth-order valence-electron chi connectivity index (χ4n) is 4.36. The Morgan fingerprint density at radius 1 is 1.21 bits per heavy atom. The van der Waals surface area contributed by atoms with Crippen LogP contribution >= 0.6 is 11.3 Å². The molecule has 7 nitrogen and oxygen atoms in total. The topological polar surface area (TPSA) is 87.3 Å². The Bertz CT molecular complexity index is 1350. The van der Waals surface area contributed by atoms with E-state index in [4.69, 9.17) is 4.74 Å². The lowest BCUT2D eigenvalue weighted by Gasteiger charge is -2.24. The van der Waals surface area contributed by atoms with Crippen LogP contribution in [-0.2, 0) is 11.3 Å². The van der Waals surface area contributed by atoms with Gasteiger partial charge in [0.15, 0.2) is 0 Å². The van der Waals surface area contributed by atoms with Gasteiger partial charge < -0.3 is 10.1 Å². The fraction of sp³-hybridized carbons (Fsp3) is 0.269. The molecule has 0 saturated carbocycles. The maximum absolute atomic E-state index is 12.9. The van der Waals surface area contributed by atoms with Gasteiger partial charge in [0.2, 0.25) is 5.91 Å². The van der Waals surface area contributed by atoms with Crippen molar-refractivity contribution in [3.8, 4) is 5.75 Å². The number of hydrogen-bond donors (Lipinski definition) is 2. The van der Waals surface area contributed by atoms with E-state index in [1.807, 2.05) is 37.3 Å². The minimum Gasteiger partial charge on any atom is -0.484 e. The first-order valence-electron chi connectivity index (χ1n) is 11.3. The van der Waals surface area contributed by atoms with Crippen LogP contribution in [0, 0.1) is 0 Å². The quantitative estimate of drug-likeness (QED) is 0.443. The molecule has 2 unspecified atom stereocenters. The summed E-state index contributed by atoms with van der Waals surface area (Å²) >= 11 is 1.66. The number of ether oxygens (including phenoxy) is 1. The second-order valence-corrected chi connectivity index (χ2v) is 9.28. The van der Waals surface area contributed by atoms with Crippen molar-refractivity contribution >= 4 is 28.0 Å². The summed E-state index contributed by atoms with van der Waals surface area (Å²) in [6.07, 6.45) is -0.0544. The lowest BCUT2D eigenvalue weighted by Crippen LogP contribution is -2.38. The van der Waals surface area contributed by atoms with Gasteiger partial charge in [-0.25, -0.2) is 5.10 Å². The molecule has 2 N–H and O–H groups in total. The van der Waals surface area contributed by atoms with Crippen LogP contribution in [0.4, 0.5) is 0 Å². The number of nitrogens with one attached hydrogen (secondary N) is 2. The Kier molecular flexibility index (Phi) is 6.42. The van der Waals surface area contributed by atoms with E-state index in [0.717, 1.165) is 24.4 Å². The molecule has 174 valence electrons. The average molecular weight is 475 g/mol. The van der Waals surface area contributed by atoms with Gasteiger partial charge in [0, 0.05) is 42.7 Å². The van der Waals surface area contributed by atoms with Crippen LogP contribution < -0.4 is 15.6 Å². The number of aromatic amines is 1. The molecule has 2 aromatic heterocycles. The minimum atomic E-state index is -0.492. The SMILES string of the molecule is CC(C(=O)NCCN1Cc2ccccc2OC(c2ccsc2)C1)c1n[nH]c(=O)c2ccccc12. The number of carbonyl (C=O) groups excluding carboxylic acids is 1. The molecule has 0 radical (unpaired) electrons. The molecule has 0 fully saturated rings. The van der Waals surface area contributed by atoms with Crippen LogP contribution in [0.25, 0.3) is 10.8 Å². The lowest BCUT2D eigenvalue weighted by atomic mass is 10.0. The van der Waals surface area contributed by atoms with Crippen molar-refractivity contribution in [2.24, 2.45) is 0 Å². The van der Waals surface area contributed by atoms with E-state index in [9.17, 15) is 9.59 Å². The Morgan fingerprint density at radius 3 is 2.82 bits per heavy atom. The Morgan fingerprint density at radius 2 is 2.00 bits per heavy atom. The summed E-state index contributed by atoms with van der Waals surface area (Å²) in [6.45, 7) is 4.50. The van der Waals surface area contributed by atoms with Gasteiger partial charge in [-0.1, -0.05) is 36.4 Å². The van der Waals surface area contributed by atoms with Gasteiger partial charge in [-0.2, -0.15) is 16.4 Å². The third-order valence-electron chi connectivity index (χ3n) is 6.23. The number of H-pyrrole nitrogens is 1. The van der Waals surface area contributed by atoms with E-state index in [-0.39, 0.29) is 17.6 Å². The van der Waals surface area contributed by atoms with Crippen molar-refractivity contribution in [1.29, 1.82) is 0 Å². The normalized spacial score (nSPS) is 16.9. The zero-order valence-electron chi connectivity index (χ0n) is 18.9. The van der Waals surface area contributed by atoms with Gasteiger partial charge in [0.05, 0.1) is 17.0 Å². The summed E-state index contributed by atoms with van der Waals surface area (Å²) in [6, 6.07) is 17.5. The molecule has 0 bridgehead atoms. The van der Waals surface area contributed by atoms with Crippen molar-refractivity contribution in [3.63, 3.8) is 0 Å². The predicted molar refractivity (Wildman–Crippen MR) is 133 cm³/mol. The Labute approximate surface area is 201 Å². The van der Waals surface area contributed by atoms with E-state index >= 15 is 0 Å². The third kappa shape index (κ3) is 4.60. The van der Waals surface area contributed by atoms with Crippen LogP contribution in [0.3, 0.4) is 0 Å². The summed E-state index contributed by atoms with van der Waals surface area (Å²) in [7, 11) is 0. The summed E-state index contributed by atoms with van der Waals surface area (Å²) in [5.41, 5.74) is 2.63. The molecule has 0 spiro atoms. The number of thiophene rings is 1. The van der Waals surface area contributed by atoms with E-state index in [2.05, 4.69) is 43.3 Å². The highest BCUT2D eigenvalue weighted by molar-refractivity contribution is 7.07. The molecule has 1 aliphatic heterocycles. The van der Waals surface area contributed by atoms with Gasteiger partial charge >= 0.3 is 0 Å². The highest BCUT2D eigenvalue weighted by Crippen LogP contribution is 2.31. The molecule has 8 heteroatoms. The average Bonchev–Trinajstić information content (AvgIpc) is 3.33. The van der Waals surface area contributed by atoms with Crippen LogP contribution in [0.15, 0.2) is 70.2 Å². The number of nitrogens with zero attached hydrogens (tertiary/aromatic N) is 2. The summed E-state index contributed by atoms with van der Waals surface area (Å²) < 4.78 is 6.35. The minimum absolute atomic E-state index is 0.0544. The van der Waals surface area contributed by atoms with Gasteiger partial charge in [0.1, 0.15) is 11.9 Å². The smallest absolute Gasteiger partial charge is 0.272 e. The number of aromatic nitrogens is 2. The van der Waals surface area contributed by atoms with Crippen molar-refractivity contribution in [1.82, 2.24) is 20.4 Å². The monoisotopic (exact) mass is 474 g/mol. The van der Waals surface area contributed by atoms with Crippen LogP contribution in [0.5, 0.6) is 5.75 Å². The predicted octanol–water partition coefficient (Wildman–Crippen LogP) is 3.84. The molecule has 0 aliphatic carbocycles. The molecule has 2 aromatic carbocycles. The van der Waals surface area contributed by atoms with Gasteiger partial charge in [-0.05, 0) is 35.9 Å². The first-order chi connectivity index (χ1) is 16.6. The van der Waals surface area contributed by atoms with Gasteiger partial charge in [-0.3, -0.25) is 14.5 Å². The van der Waals surface area contributed by atoms with Crippen LogP contribution in [0.1, 0.15) is 35.8 Å². The van der Waals surface area contributed by atoms with Crippen molar-refractivity contribution < 1.29 is 9.53 Å². The number of hydrogen-bond acceptors (Lipinski definition) is 6. The number of para-hydroxylation sites is 1.